The smallest absolute Gasteiger partial charge is 0.177 e. The summed E-state index contributed by atoms with van der Waals surface area (Å²) in [7, 11) is 0. The third-order valence-electron chi connectivity index (χ3n) is 4.09. The molecule has 0 aromatic heterocycles. The van der Waals surface area contributed by atoms with Gasteiger partial charge in [0.1, 0.15) is 0 Å². The zero-order chi connectivity index (χ0) is 16.0. The number of ketones is 1. The molecule has 0 amide bonds. The molecule has 118 valence electrons. The Bertz CT molecular complexity index is 461. The highest BCUT2D eigenvalue weighted by Gasteiger charge is 2.20. The van der Waals surface area contributed by atoms with Crippen molar-refractivity contribution in [1.29, 1.82) is 0 Å². The summed E-state index contributed by atoms with van der Waals surface area (Å²) in [6.45, 7) is 14.5. The van der Waals surface area contributed by atoms with Gasteiger partial charge in [0.25, 0.3) is 0 Å². The van der Waals surface area contributed by atoms with Crippen LogP contribution in [0.4, 0.5) is 0 Å². The van der Waals surface area contributed by atoms with Crippen LogP contribution in [0.25, 0.3) is 0 Å². The molecule has 0 saturated carbocycles. The SMILES string of the molecule is CCC(CC)N(CC(=O)c1ccc(C)cc1C)CC(C)C. The van der Waals surface area contributed by atoms with Gasteiger partial charge in [0.15, 0.2) is 5.78 Å². The Kier molecular flexibility index (Phi) is 7.10. The Morgan fingerprint density at radius 1 is 1.14 bits per heavy atom. The Labute approximate surface area is 130 Å². The van der Waals surface area contributed by atoms with Crippen LogP contribution in [0, 0.1) is 19.8 Å². The lowest BCUT2D eigenvalue weighted by atomic mass is 10.0. The van der Waals surface area contributed by atoms with Gasteiger partial charge in [-0.15, -0.1) is 0 Å². The van der Waals surface area contributed by atoms with Crippen molar-refractivity contribution in [3.63, 3.8) is 0 Å². The number of nitrogens with zero attached hydrogens (tertiary/aromatic N) is 1. The number of hydrogen-bond donors (Lipinski definition) is 0. The molecule has 0 fully saturated rings. The zero-order valence-electron chi connectivity index (χ0n) is 14.6. The fourth-order valence-electron chi connectivity index (χ4n) is 3.01. The summed E-state index contributed by atoms with van der Waals surface area (Å²) in [6.07, 6.45) is 2.20. The van der Waals surface area contributed by atoms with Crippen LogP contribution in [0.15, 0.2) is 18.2 Å². The molecule has 0 radical (unpaired) electrons. The van der Waals surface area contributed by atoms with Crippen molar-refractivity contribution in [2.24, 2.45) is 5.92 Å². The first kappa shape index (κ1) is 17.9. The highest BCUT2D eigenvalue weighted by molar-refractivity contribution is 5.99. The Balaban J connectivity index is 2.88. The Hall–Kier alpha value is -1.15. The molecule has 0 aliphatic carbocycles. The van der Waals surface area contributed by atoms with Crippen LogP contribution in [-0.4, -0.2) is 29.8 Å². The molecule has 2 nitrogen and oxygen atoms in total. The van der Waals surface area contributed by atoms with E-state index in [-0.39, 0.29) is 5.78 Å². The highest BCUT2D eigenvalue weighted by atomic mass is 16.1. The summed E-state index contributed by atoms with van der Waals surface area (Å²) in [6, 6.07) is 6.61. The largest absolute Gasteiger partial charge is 0.293 e. The molecule has 0 atom stereocenters. The number of benzene rings is 1. The molecular weight excluding hydrogens is 258 g/mol. The van der Waals surface area contributed by atoms with Crippen LogP contribution in [0.3, 0.4) is 0 Å². The molecule has 0 saturated heterocycles. The average molecular weight is 289 g/mol. The summed E-state index contributed by atoms with van der Waals surface area (Å²) in [5, 5.41) is 0. The van der Waals surface area contributed by atoms with Gasteiger partial charge in [-0.1, -0.05) is 51.5 Å². The van der Waals surface area contributed by atoms with Crippen molar-refractivity contribution in [2.45, 2.75) is 60.4 Å². The minimum atomic E-state index is 0.250. The molecule has 0 spiro atoms. The van der Waals surface area contributed by atoms with Gasteiger partial charge in [-0.25, -0.2) is 0 Å². The van der Waals surface area contributed by atoms with Gasteiger partial charge in [0.2, 0.25) is 0 Å². The van der Waals surface area contributed by atoms with E-state index >= 15 is 0 Å². The van der Waals surface area contributed by atoms with Crippen LogP contribution in [0.2, 0.25) is 0 Å². The fraction of sp³-hybridized carbons (Fsp3) is 0.632. The van der Waals surface area contributed by atoms with Gasteiger partial charge in [-0.2, -0.15) is 0 Å². The van der Waals surface area contributed by atoms with E-state index in [1.54, 1.807) is 0 Å². The van der Waals surface area contributed by atoms with Crippen molar-refractivity contribution in [2.75, 3.05) is 13.1 Å². The summed E-state index contributed by atoms with van der Waals surface area (Å²) in [4.78, 5) is 15.0. The Morgan fingerprint density at radius 2 is 1.76 bits per heavy atom. The summed E-state index contributed by atoms with van der Waals surface area (Å²) >= 11 is 0. The van der Waals surface area contributed by atoms with E-state index < -0.39 is 0 Å². The number of rotatable bonds is 8. The molecule has 1 aromatic rings. The molecule has 2 heteroatoms. The van der Waals surface area contributed by atoms with Crippen LogP contribution in [0.5, 0.6) is 0 Å². The molecule has 0 aliphatic rings. The van der Waals surface area contributed by atoms with Gasteiger partial charge in [0, 0.05) is 18.2 Å². The Morgan fingerprint density at radius 3 is 2.24 bits per heavy atom. The predicted octanol–water partition coefficient (Wildman–Crippen LogP) is 4.63. The van der Waals surface area contributed by atoms with E-state index in [1.807, 2.05) is 19.1 Å². The normalized spacial score (nSPS) is 11.7. The maximum Gasteiger partial charge on any atom is 0.177 e. The molecule has 1 aromatic carbocycles. The van der Waals surface area contributed by atoms with E-state index in [1.165, 1.54) is 5.56 Å². The summed E-state index contributed by atoms with van der Waals surface area (Å²) in [5.74, 6) is 0.831. The minimum absolute atomic E-state index is 0.250. The molecule has 0 bridgehead atoms. The molecule has 0 aliphatic heterocycles. The monoisotopic (exact) mass is 289 g/mol. The maximum absolute atomic E-state index is 12.7. The first-order valence-electron chi connectivity index (χ1n) is 8.23. The lowest BCUT2D eigenvalue weighted by Crippen LogP contribution is -2.41. The molecule has 21 heavy (non-hydrogen) atoms. The molecule has 0 unspecified atom stereocenters. The topological polar surface area (TPSA) is 20.3 Å². The fourth-order valence-corrected chi connectivity index (χ4v) is 3.01. The van der Waals surface area contributed by atoms with Crippen LogP contribution >= 0.6 is 0 Å². The van der Waals surface area contributed by atoms with E-state index in [2.05, 4.69) is 45.6 Å². The average Bonchev–Trinajstić information content (AvgIpc) is 2.38. The van der Waals surface area contributed by atoms with E-state index in [9.17, 15) is 4.79 Å². The number of hydrogen-bond acceptors (Lipinski definition) is 2. The van der Waals surface area contributed by atoms with Gasteiger partial charge >= 0.3 is 0 Å². The number of carbonyl (C=O) groups is 1. The van der Waals surface area contributed by atoms with Crippen LogP contribution in [0.1, 0.15) is 62.0 Å². The number of aryl methyl sites for hydroxylation is 2. The quantitative estimate of drug-likeness (QED) is 0.650. The lowest BCUT2D eigenvalue weighted by Gasteiger charge is -2.31. The predicted molar refractivity (Wildman–Crippen MR) is 91.0 cm³/mol. The molecular formula is C19H31NO. The van der Waals surface area contributed by atoms with Crippen LogP contribution in [-0.2, 0) is 0 Å². The van der Waals surface area contributed by atoms with Crippen molar-refractivity contribution < 1.29 is 4.79 Å². The van der Waals surface area contributed by atoms with Crippen molar-refractivity contribution in [3.05, 3.63) is 34.9 Å². The van der Waals surface area contributed by atoms with E-state index in [0.29, 0.717) is 18.5 Å². The minimum Gasteiger partial charge on any atom is -0.293 e. The summed E-state index contributed by atoms with van der Waals surface area (Å²) in [5.41, 5.74) is 3.18. The maximum atomic E-state index is 12.7. The standard InChI is InChI=1S/C19H31NO/c1-7-17(8-2)20(12-14(3)4)13-19(21)18-10-9-15(5)11-16(18)6/h9-11,14,17H,7-8,12-13H2,1-6H3. The lowest BCUT2D eigenvalue weighted by molar-refractivity contribution is 0.0865. The second-order valence-corrected chi connectivity index (χ2v) is 6.54. The number of carbonyl (C=O) groups excluding carboxylic acids is 1. The van der Waals surface area contributed by atoms with E-state index in [0.717, 1.165) is 30.5 Å². The first-order chi connectivity index (χ1) is 9.88. The van der Waals surface area contributed by atoms with Crippen LogP contribution < -0.4 is 0 Å². The van der Waals surface area contributed by atoms with E-state index in [4.69, 9.17) is 0 Å². The highest BCUT2D eigenvalue weighted by Crippen LogP contribution is 2.16. The van der Waals surface area contributed by atoms with Gasteiger partial charge in [-0.05, 0) is 38.2 Å². The summed E-state index contributed by atoms with van der Waals surface area (Å²) < 4.78 is 0. The zero-order valence-corrected chi connectivity index (χ0v) is 14.6. The molecule has 1 rings (SSSR count). The third-order valence-corrected chi connectivity index (χ3v) is 4.09. The van der Waals surface area contributed by atoms with Crippen molar-refractivity contribution in [3.8, 4) is 0 Å². The second kappa shape index (κ2) is 8.33. The van der Waals surface area contributed by atoms with Gasteiger partial charge in [-0.3, -0.25) is 9.69 Å². The second-order valence-electron chi connectivity index (χ2n) is 6.54. The number of Topliss-reactive ketones (excluding diaryl/α,β-unsaturated/α-hetero) is 1. The van der Waals surface area contributed by atoms with Crippen molar-refractivity contribution >= 4 is 5.78 Å². The van der Waals surface area contributed by atoms with Gasteiger partial charge < -0.3 is 0 Å². The first-order valence-corrected chi connectivity index (χ1v) is 8.23. The van der Waals surface area contributed by atoms with Gasteiger partial charge in [0.05, 0.1) is 6.54 Å². The molecule has 0 heterocycles. The third kappa shape index (κ3) is 5.28. The van der Waals surface area contributed by atoms with Crippen molar-refractivity contribution in [1.82, 2.24) is 4.90 Å². The molecule has 0 N–H and O–H groups in total.